The van der Waals surface area contributed by atoms with E-state index in [9.17, 15) is 0 Å². The fourth-order valence-electron chi connectivity index (χ4n) is 3.77. The van der Waals surface area contributed by atoms with E-state index in [1.165, 1.54) is 32.1 Å². The van der Waals surface area contributed by atoms with Gasteiger partial charge in [-0.25, -0.2) is 4.99 Å². The maximum atomic E-state index is 6.35. The van der Waals surface area contributed by atoms with Crippen LogP contribution in [0.25, 0.3) is 0 Å². The Hall–Kier alpha value is -0.0900. The number of nitrogens with zero attached hydrogens (tertiary/aromatic N) is 2. The van der Waals surface area contributed by atoms with Gasteiger partial charge in [0.15, 0.2) is 5.17 Å². The molecule has 2 aliphatic rings. The molecule has 0 aromatic heterocycles. The quantitative estimate of drug-likeness (QED) is 0.512. The monoisotopic (exact) mass is 420 g/mol. The van der Waals surface area contributed by atoms with Crippen LogP contribution in [0.15, 0.2) is 23.2 Å². The van der Waals surface area contributed by atoms with Gasteiger partial charge in [-0.1, -0.05) is 60.3 Å². The van der Waals surface area contributed by atoms with E-state index in [1.54, 1.807) is 0 Å². The van der Waals surface area contributed by atoms with Crippen molar-refractivity contribution in [3.05, 3.63) is 28.2 Å². The van der Waals surface area contributed by atoms with Crippen LogP contribution in [0.5, 0.6) is 0 Å². The fourth-order valence-corrected chi connectivity index (χ4v) is 5.30. The van der Waals surface area contributed by atoms with Crippen molar-refractivity contribution < 1.29 is 0 Å². The summed E-state index contributed by atoms with van der Waals surface area (Å²) in [5.74, 6) is 0.772. The largest absolute Gasteiger partial charge is 0.347 e. The predicted octanol–water partition coefficient (Wildman–Crippen LogP) is 7.20. The van der Waals surface area contributed by atoms with E-state index in [2.05, 4.69) is 25.7 Å². The van der Waals surface area contributed by atoms with Crippen LogP contribution in [0.4, 0.5) is 5.69 Å². The normalized spacial score (nSPS) is 23.6. The Morgan fingerprint density at radius 2 is 1.88 bits per heavy atom. The van der Waals surface area contributed by atoms with Crippen LogP contribution < -0.4 is 0 Å². The molecule has 0 radical (unpaired) electrons. The molecule has 140 valence electrons. The number of hydrogen-bond acceptors (Lipinski definition) is 2. The zero-order chi connectivity index (χ0) is 17.3. The highest BCUT2D eigenvalue weighted by Gasteiger charge is 2.39. The molecule has 2 fully saturated rings. The molecule has 2 nitrogen and oxygen atoms in total. The zero-order valence-corrected chi connectivity index (χ0v) is 18.2. The first-order chi connectivity index (χ1) is 11.4. The number of hydrogen-bond donors (Lipinski definition) is 0. The molecule has 1 saturated carbocycles. The molecule has 1 atom stereocenters. The van der Waals surface area contributed by atoms with Gasteiger partial charge in [0.1, 0.15) is 0 Å². The summed E-state index contributed by atoms with van der Waals surface area (Å²) in [5.41, 5.74) is 0.769. The summed E-state index contributed by atoms with van der Waals surface area (Å²) >= 11 is 14.4. The molecule has 1 aliphatic heterocycles. The van der Waals surface area contributed by atoms with Gasteiger partial charge in [-0.3, -0.25) is 0 Å². The van der Waals surface area contributed by atoms with Crippen LogP contribution in [0.1, 0.15) is 52.9 Å². The maximum Gasteiger partial charge on any atom is 0.165 e. The van der Waals surface area contributed by atoms with Crippen LogP contribution >= 0.6 is 47.4 Å². The number of halogens is 3. The van der Waals surface area contributed by atoms with Crippen LogP contribution in [-0.4, -0.2) is 27.4 Å². The van der Waals surface area contributed by atoms with Crippen molar-refractivity contribution in [2.75, 3.05) is 6.54 Å². The van der Waals surface area contributed by atoms with Crippen LogP contribution in [0.2, 0.25) is 10.0 Å². The van der Waals surface area contributed by atoms with E-state index in [4.69, 9.17) is 28.2 Å². The summed E-state index contributed by atoms with van der Waals surface area (Å²) in [7, 11) is 0. The number of thioether (sulfide) groups is 1. The minimum atomic E-state index is 0. The Balaban J connectivity index is 0.00000225. The average molecular weight is 422 g/mol. The molecule has 6 heteroatoms. The first-order valence-corrected chi connectivity index (χ1v) is 10.4. The number of rotatable bonds is 3. The van der Waals surface area contributed by atoms with Gasteiger partial charge >= 0.3 is 0 Å². The number of aliphatic imine (C=N–C) groups is 1. The molecule has 1 aromatic carbocycles. The molecule has 0 bridgehead atoms. The van der Waals surface area contributed by atoms with Gasteiger partial charge in [-0.2, -0.15) is 0 Å². The van der Waals surface area contributed by atoms with Crippen LogP contribution in [0, 0.1) is 5.92 Å². The molecule has 1 aliphatic carbocycles. The third-order valence-corrected chi connectivity index (χ3v) is 7.13. The smallest absolute Gasteiger partial charge is 0.165 e. The van der Waals surface area contributed by atoms with Crippen molar-refractivity contribution in [2.45, 2.75) is 63.7 Å². The zero-order valence-electron chi connectivity index (χ0n) is 15.1. The van der Waals surface area contributed by atoms with E-state index >= 15 is 0 Å². The third-order valence-electron chi connectivity index (χ3n) is 5.14. The standard InChI is InChI=1S/C19H26Cl2N2S.ClH/c1-13(14-8-5-4-6-9-14)23-12-19(2,3)24-18(23)22-16-11-7-10-15(20)17(16)21;/h7,10-11,13-14H,4-6,8-9,12H2,1-3H3;1H/t13-;/m1./s1. The van der Waals surface area contributed by atoms with E-state index in [0.717, 1.165) is 23.3 Å². The summed E-state index contributed by atoms with van der Waals surface area (Å²) in [6, 6.07) is 6.18. The molecule has 0 amide bonds. The van der Waals surface area contributed by atoms with Gasteiger partial charge in [0.2, 0.25) is 0 Å². The van der Waals surface area contributed by atoms with E-state index in [0.29, 0.717) is 16.1 Å². The Labute approximate surface area is 172 Å². The van der Waals surface area contributed by atoms with Crippen LogP contribution in [-0.2, 0) is 0 Å². The summed E-state index contributed by atoms with van der Waals surface area (Å²) in [5, 5.41) is 2.19. The number of amidine groups is 1. The van der Waals surface area contributed by atoms with Crippen molar-refractivity contribution >= 4 is 58.2 Å². The van der Waals surface area contributed by atoms with E-state index in [1.807, 2.05) is 30.0 Å². The molecule has 1 saturated heterocycles. The lowest BCUT2D eigenvalue weighted by Gasteiger charge is -2.35. The number of benzene rings is 1. The fraction of sp³-hybridized carbons (Fsp3) is 0.632. The lowest BCUT2D eigenvalue weighted by molar-refractivity contribution is 0.197. The van der Waals surface area contributed by atoms with Gasteiger partial charge in [-0.15, -0.1) is 12.4 Å². The van der Waals surface area contributed by atoms with Gasteiger partial charge in [0, 0.05) is 17.3 Å². The van der Waals surface area contributed by atoms with E-state index in [-0.39, 0.29) is 17.2 Å². The van der Waals surface area contributed by atoms with Crippen molar-refractivity contribution in [1.29, 1.82) is 0 Å². The minimum absolute atomic E-state index is 0. The highest BCUT2D eigenvalue weighted by Crippen LogP contribution is 2.42. The summed E-state index contributed by atoms with van der Waals surface area (Å²) in [4.78, 5) is 7.40. The second-order valence-corrected chi connectivity index (χ2v) is 10.1. The highest BCUT2D eigenvalue weighted by molar-refractivity contribution is 8.15. The molecule has 3 rings (SSSR count). The van der Waals surface area contributed by atoms with Crippen molar-refractivity contribution in [2.24, 2.45) is 10.9 Å². The molecule has 0 unspecified atom stereocenters. The van der Waals surface area contributed by atoms with Crippen molar-refractivity contribution in [1.82, 2.24) is 4.90 Å². The lowest BCUT2D eigenvalue weighted by Crippen LogP contribution is -2.41. The average Bonchev–Trinajstić information content (AvgIpc) is 2.86. The summed E-state index contributed by atoms with van der Waals surface area (Å²) in [6.45, 7) is 7.99. The molecular weight excluding hydrogens is 395 g/mol. The summed E-state index contributed by atoms with van der Waals surface area (Å²) in [6.07, 6.45) is 6.81. The molecule has 0 N–H and O–H groups in total. The van der Waals surface area contributed by atoms with Crippen LogP contribution in [0.3, 0.4) is 0 Å². The Morgan fingerprint density at radius 3 is 2.56 bits per heavy atom. The predicted molar refractivity (Wildman–Crippen MR) is 115 cm³/mol. The highest BCUT2D eigenvalue weighted by atomic mass is 35.5. The van der Waals surface area contributed by atoms with Crippen molar-refractivity contribution in [3.63, 3.8) is 0 Å². The van der Waals surface area contributed by atoms with Crippen molar-refractivity contribution in [3.8, 4) is 0 Å². The van der Waals surface area contributed by atoms with Gasteiger partial charge in [0.05, 0.1) is 15.7 Å². The maximum absolute atomic E-state index is 6.35. The second-order valence-electron chi connectivity index (χ2n) is 7.60. The van der Waals surface area contributed by atoms with Gasteiger partial charge < -0.3 is 4.90 Å². The van der Waals surface area contributed by atoms with E-state index < -0.39 is 0 Å². The third kappa shape index (κ3) is 5.00. The lowest BCUT2D eigenvalue weighted by atomic mass is 9.84. The Bertz CT molecular complexity index is 627. The first kappa shape index (κ1) is 21.2. The molecular formula is C19H27Cl3N2S. The SMILES string of the molecule is C[C@H](C1CCCCC1)N1CC(C)(C)SC1=Nc1cccc(Cl)c1Cl.Cl. The molecule has 0 spiro atoms. The topological polar surface area (TPSA) is 15.6 Å². The first-order valence-electron chi connectivity index (χ1n) is 8.86. The molecule has 1 aromatic rings. The molecule has 1 heterocycles. The van der Waals surface area contributed by atoms with Gasteiger partial charge in [0.25, 0.3) is 0 Å². The summed E-state index contributed by atoms with van der Waals surface area (Å²) < 4.78 is 0.173. The Morgan fingerprint density at radius 1 is 1.20 bits per heavy atom. The Kier molecular flexibility index (Phi) is 7.41. The minimum Gasteiger partial charge on any atom is -0.347 e. The molecule has 25 heavy (non-hydrogen) atoms. The second kappa shape index (κ2) is 8.73. The van der Waals surface area contributed by atoms with Gasteiger partial charge in [-0.05, 0) is 51.7 Å².